The third-order valence-corrected chi connectivity index (χ3v) is 7.48. The highest BCUT2D eigenvalue weighted by Gasteiger charge is 2.32. The molecule has 2 saturated heterocycles. The van der Waals surface area contributed by atoms with Crippen molar-refractivity contribution in [2.45, 2.75) is 6.04 Å². The molecule has 3 heterocycles. The Balaban J connectivity index is 1.57. The molecule has 3 aromatic carbocycles. The molecule has 0 atom stereocenters. The molecule has 0 unspecified atom stereocenters. The number of carbonyl (C=O) groups is 1. The lowest BCUT2D eigenvalue weighted by Gasteiger charge is -2.43. The number of rotatable bonds is 4. The predicted octanol–water partition coefficient (Wildman–Crippen LogP) is 3.63. The van der Waals surface area contributed by atoms with E-state index in [2.05, 4.69) is 15.2 Å². The van der Waals surface area contributed by atoms with Crippen molar-refractivity contribution >= 4 is 50.9 Å². The number of likely N-dealkylation sites (N-methyl/N-ethyl adjacent to an activating group) is 1. The number of phenolic OH excluding ortho intramolecular Hbond substituents is 1. The highest BCUT2D eigenvalue weighted by Crippen LogP contribution is 2.42. The number of carbonyl (C=O) groups excluding carboxylic acids is 1. The summed E-state index contributed by atoms with van der Waals surface area (Å²) in [4.78, 5) is 27.6. The molecule has 0 spiro atoms. The van der Waals surface area contributed by atoms with E-state index in [9.17, 15) is 9.90 Å². The first-order valence-electron chi connectivity index (χ1n) is 12.1. The van der Waals surface area contributed by atoms with Gasteiger partial charge in [0.15, 0.2) is 5.82 Å². The molecule has 1 amide bonds. The van der Waals surface area contributed by atoms with Gasteiger partial charge in [-0.1, -0.05) is 35.9 Å². The molecule has 0 bridgehead atoms. The van der Waals surface area contributed by atoms with Gasteiger partial charge in [-0.25, -0.2) is 9.37 Å². The summed E-state index contributed by atoms with van der Waals surface area (Å²) in [5.74, 6) is 0.207. The molecule has 0 aliphatic carbocycles. The molecule has 6 rings (SSSR count). The van der Waals surface area contributed by atoms with Gasteiger partial charge in [0.1, 0.15) is 17.1 Å². The fourth-order valence-electron chi connectivity index (χ4n) is 5.06. The van der Waals surface area contributed by atoms with Crippen molar-refractivity contribution in [3.05, 3.63) is 53.3 Å². The van der Waals surface area contributed by atoms with E-state index in [-0.39, 0.29) is 34.3 Å². The van der Waals surface area contributed by atoms with Crippen molar-refractivity contribution < 1.29 is 14.3 Å². The molecule has 8 nitrogen and oxygen atoms in total. The number of aromatic hydroxyl groups is 1. The van der Waals surface area contributed by atoms with Crippen LogP contribution < -0.4 is 15.1 Å². The van der Waals surface area contributed by atoms with Crippen LogP contribution in [0.15, 0.2) is 42.5 Å². The Morgan fingerprint density at radius 1 is 1.11 bits per heavy atom. The number of hydrogen-bond donors (Lipinski definition) is 2. The highest BCUT2D eigenvalue weighted by atomic mass is 35.5. The summed E-state index contributed by atoms with van der Waals surface area (Å²) in [5, 5.41) is 15.4. The van der Waals surface area contributed by atoms with Crippen molar-refractivity contribution in [2.24, 2.45) is 0 Å². The number of amides is 1. The van der Waals surface area contributed by atoms with Gasteiger partial charge < -0.3 is 25.1 Å². The van der Waals surface area contributed by atoms with E-state index in [4.69, 9.17) is 16.6 Å². The number of piperazine rings is 1. The van der Waals surface area contributed by atoms with Gasteiger partial charge in [-0.15, -0.1) is 0 Å². The van der Waals surface area contributed by atoms with Crippen LogP contribution in [0.25, 0.3) is 32.8 Å². The van der Waals surface area contributed by atoms with Crippen LogP contribution in [0.5, 0.6) is 5.75 Å². The van der Waals surface area contributed by atoms with Crippen LogP contribution in [0.3, 0.4) is 0 Å². The topological polar surface area (TPSA) is 84.8 Å². The number of fused-ring (bicyclic) bond motifs is 2. The average Bonchev–Trinajstić information content (AvgIpc) is 2.83. The quantitative estimate of drug-likeness (QED) is 0.425. The van der Waals surface area contributed by atoms with Gasteiger partial charge in [0, 0.05) is 43.2 Å². The predicted molar refractivity (Wildman–Crippen MR) is 144 cm³/mol. The lowest BCUT2D eigenvalue weighted by atomic mass is 9.96. The Morgan fingerprint density at radius 2 is 1.89 bits per heavy atom. The van der Waals surface area contributed by atoms with Gasteiger partial charge in [-0.3, -0.25) is 4.79 Å². The minimum atomic E-state index is -0.589. The summed E-state index contributed by atoms with van der Waals surface area (Å²) in [5.41, 5.74) is 0.782. The maximum atomic E-state index is 16.5. The maximum absolute atomic E-state index is 16.5. The minimum Gasteiger partial charge on any atom is -0.508 e. The molecule has 4 aromatic rings. The zero-order valence-electron chi connectivity index (χ0n) is 20.5. The van der Waals surface area contributed by atoms with E-state index in [0.717, 1.165) is 23.9 Å². The molecular formula is C27H26ClFN6O2. The van der Waals surface area contributed by atoms with Gasteiger partial charge in [0.05, 0.1) is 11.6 Å². The minimum absolute atomic E-state index is 0.0166. The summed E-state index contributed by atoms with van der Waals surface area (Å²) in [6.45, 7) is 2.56. The SMILES string of the molecule is CN(C)C1CN(c2nc(N3CCNC(=O)C3)c3cc(Cl)c(-c4cc(O)cc5ccccc45)c(F)c3n2)C1. The van der Waals surface area contributed by atoms with Crippen LogP contribution in [0.4, 0.5) is 16.2 Å². The number of hydrogen-bond acceptors (Lipinski definition) is 7. The third kappa shape index (κ3) is 4.08. The van der Waals surface area contributed by atoms with E-state index in [1.54, 1.807) is 12.1 Å². The maximum Gasteiger partial charge on any atom is 0.239 e. The molecule has 1 aromatic heterocycles. The van der Waals surface area contributed by atoms with E-state index in [0.29, 0.717) is 41.8 Å². The largest absolute Gasteiger partial charge is 0.508 e. The number of anilines is 2. The summed E-state index contributed by atoms with van der Waals surface area (Å²) in [6, 6.07) is 12.6. The van der Waals surface area contributed by atoms with Crippen LogP contribution in [-0.4, -0.2) is 78.7 Å². The zero-order valence-corrected chi connectivity index (χ0v) is 21.3. The molecule has 10 heteroatoms. The third-order valence-electron chi connectivity index (χ3n) is 7.18. The van der Waals surface area contributed by atoms with E-state index < -0.39 is 5.82 Å². The van der Waals surface area contributed by atoms with Gasteiger partial charge in [0.2, 0.25) is 11.9 Å². The second-order valence-corrected chi connectivity index (χ2v) is 10.2. The van der Waals surface area contributed by atoms with Crippen LogP contribution >= 0.6 is 11.6 Å². The Kier molecular flexibility index (Phi) is 5.77. The first kappa shape index (κ1) is 23.7. The van der Waals surface area contributed by atoms with Crippen molar-refractivity contribution in [3.8, 4) is 16.9 Å². The summed E-state index contributed by atoms with van der Waals surface area (Å²) >= 11 is 6.74. The molecule has 190 valence electrons. The summed E-state index contributed by atoms with van der Waals surface area (Å²) < 4.78 is 16.5. The fraction of sp³-hybridized carbons (Fsp3) is 0.296. The van der Waals surface area contributed by atoms with Gasteiger partial charge in [-0.05, 0) is 48.6 Å². The number of halogens is 2. The lowest BCUT2D eigenvalue weighted by molar-refractivity contribution is -0.120. The highest BCUT2D eigenvalue weighted by molar-refractivity contribution is 6.35. The molecule has 2 fully saturated rings. The number of benzene rings is 3. The number of aromatic nitrogens is 2. The molecular weight excluding hydrogens is 495 g/mol. The Hall–Kier alpha value is -3.69. The van der Waals surface area contributed by atoms with E-state index in [1.165, 1.54) is 6.07 Å². The van der Waals surface area contributed by atoms with E-state index in [1.807, 2.05) is 48.2 Å². The molecule has 0 saturated carbocycles. The molecule has 2 N–H and O–H groups in total. The average molecular weight is 521 g/mol. The summed E-state index contributed by atoms with van der Waals surface area (Å²) in [6.07, 6.45) is 0. The van der Waals surface area contributed by atoms with Crippen LogP contribution in [0.1, 0.15) is 0 Å². The Labute approximate surface area is 218 Å². The van der Waals surface area contributed by atoms with Crippen LogP contribution in [-0.2, 0) is 4.79 Å². The molecule has 2 aliphatic heterocycles. The van der Waals surface area contributed by atoms with Gasteiger partial charge in [0.25, 0.3) is 0 Å². The monoisotopic (exact) mass is 520 g/mol. The van der Waals surface area contributed by atoms with Crippen LogP contribution in [0, 0.1) is 5.82 Å². The van der Waals surface area contributed by atoms with Gasteiger partial charge in [-0.2, -0.15) is 4.98 Å². The molecule has 37 heavy (non-hydrogen) atoms. The first-order valence-corrected chi connectivity index (χ1v) is 12.5. The lowest BCUT2D eigenvalue weighted by Crippen LogP contribution is -2.58. The number of nitrogens with one attached hydrogen (secondary N) is 1. The van der Waals surface area contributed by atoms with E-state index >= 15 is 4.39 Å². The molecule has 2 aliphatic rings. The van der Waals surface area contributed by atoms with Gasteiger partial charge >= 0.3 is 0 Å². The standard InChI is InChI=1S/C27H26ClFN6O2/c1-33(2)16-12-35(13-16)27-31-25-20(26(32-27)34-8-7-30-22(37)14-34)11-21(28)23(24(25)29)19-10-17(36)9-15-5-3-4-6-18(15)19/h3-6,9-11,16,36H,7-8,12-14H2,1-2H3,(H,30,37). The molecule has 0 radical (unpaired) electrons. The zero-order chi connectivity index (χ0) is 25.8. The van der Waals surface area contributed by atoms with Crippen molar-refractivity contribution in [2.75, 3.05) is 56.6 Å². The second-order valence-electron chi connectivity index (χ2n) is 9.80. The summed E-state index contributed by atoms with van der Waals surface area (Å²) in [7, 11) is 4.04. The second kappa shape index (κ2) is 9.00. The normalized spacial score (nSPS) is 16.5. The Bertz CT molecular complexity index is 1560. The van der Waals surface area contributed by atoms with Crippen LogP contribution in [0.2, 0.25) is 5.02 Å². The van der Waals surface area contributed by atoms with Crippen molar-refractivity contribution in [1.82, 2.24) is 20.2 Å². The number of nitrogens with zero attached hydrogens (tertiary/aromatic N) is 5. The Morgan fingerprint density at radius 3 is 2.65 bits per heavy atom. The fourth-order valence-corrected chi connectivity index (χ4v) is 5.36. The van der Waals surface area contributed by atoms with Crippen molar-refractivity contribution in [3.63, 3.8) is 0 Å². The first-order chi connectivity index (χ1) is 17.8. The number of phenols is 1. The smallest absolute Gasteiger partial charge is 0.239 e. The van der Waals surface area contributed by atoms with Crippen molar-refractivity contribution in [1.29, 1.82) is 0 Å².